The number of benzene rings is 1. The van der Waals surface area contributed by atoms with Crippen LogP contribution < -0.4 is 0 Å². The summed E-state index contributed by atoms with van der Waals surface area (Å²) >= 11 is 1.77. The number of aromatic carboxylic acids is 1. The fraction of sp³-hybridized carbons (Fsp3) is 0.250. The largest absolute Gasteiger partial charge is 0.478 e. The van der Waals surface area contributed by atoms with Gasteiger partial charge in [0.05, 0.1) is 16.5 Å². The molecule has 102 valence electrons. The van der Waals surface area contributed by atoms with Gasteiger partial charge in [0.1, 0.15) is 0 Å². The summed E-state index contributed by atoms with van der Waals surface area (Å²) in [5.74, 6) is -0.883. The molecular formula is C16H15NO2S. The highest BCUT2D eigenvalue weighted by molar-refractivity contribution is 7.99. The summed E-state index contributed by atoms with van der Waals surface area (Å²) in [6.45, 7) is 0. The van der Waals surface area contributed by atoms with Gasteiger partial charge in [-0.15, -0.1) is 11.8 Å². The van der Waals surface area contributed by atoms with E-state index in [0.29, 0.717) is 10.8 Å². The van der Waals surface area contributed by atoms with Gasteiger partial charge in [-0.2, -0.15) is 0 Å². The third kappa shape index (κ3) is 2.70. The lowest BCUT2D eigenvalue weighted by molar-refractivity contribution is 0.0697. The number of aryl methyl sites for hydroxylation is 1. The van der Waals surface area contributed by atoms with Crippen LogP contribution in [0.2, 0.25) is 0 Å². The van der Waals surface area contributed by atoms with Crippen molar-refractivity contribution in [2.75, 3.05) is 0 Å². The third-order valence-corrected chi connectivity index (χ3v) is 4.81. The second-order valence-electron chi connectivity index (χ2n) is 4.88. The molecule has 0 radical (unpaired) electrons. The molecule has 3 nitrogen and oxygen atoms in total. The summed E-state index contributed by atoms with van der Waals surface area (Å²) in [4.78, 5) is 16.5. The Morgan fingerprint density at radius 1 is 1.25 bits per heavy atom. The van der Waals surface area contributed by atoms with E-state index in [4.69, 9.17) is 5.11 Å². The molecule has 20 heavy (non-hydrogen) atoms. The Balaban J connectivity index is 1.80. The lowest BCUT2D eigenvalue weighted by atomic mass is 9.96. The predicted molar refractivity (Wildman–Crippen MR) is 79.2 cm³/mol. The second kappa shape index (κ2) is 5.67. The normalized spacial score (nSPS) is 17.5. The minimum atomic E-state index is -0.883. The fourth-order valence-electron chi connectivity index (χ4n) is 2.52. The van der Waals surface area contributed by atoms with Crippen LogP contribution in [-0.4, -0.2) is 16.1 Å². The molecule has 0 amide bonds. The average Bonchev–Trinajstić information content (AvgIpc) is 2.48. The van der Waals surface area contributed by atoms with Gasteiger partial charge in [-0.3, -0.25) is 4.98 Å². The van der Waals surface area contributed by atoms with Crippen LogP contribution in [0, 0.1) is 0 Å². The molecule has 1 aliphatic rings. The maximum Gasteiger partial charge on any atom is 0.335 e. The third-order valence-electron chi connectivity index (χ3n) is 3.52. The number of carbonyl (C=O) groups is 1. The Bertz CT molecular complexity index is 625. The zero-order valence-corrected chi connectivity index (χ0v) is 11.8. The molecule has 1 aliphatic carbocycles. The monoisotopic (exact) mass is 285 g/mol. The smallest absolute Gasteiger partial charge is 0.335 e. The number of nitrogens with zero attached hydrogens (tertiary/aromatic N) is 1. The van der Waals surface area contributed by atoms with Gasteiger partial charge in [0, 0.05) is 11.1 Å². The molecule has 1 heterocycles. The summed E-state index contributed by atoms with van der Waals surface area (Å²) in [6, 6.07) is 11.2. The van der Waals surface area contributed by atoms with Crippen LogP contribution in [0.3, 0.4) is 0 Å². The highest BCUT2D eigenvalue weighted by Gasteiger charge is 2.22. The van der Waals surface area contributed by atoms with Crippen LogP contribution in [0.4, 0.5) is 0 Å². The quantitative estimate of drug-likeness (QED) is 0.927. The zero-order chi connectivity index (χ0) is 13.9. The van der Waals surface area contributed by atoms with Gasteiger partial charge in [0.2, 0.25) is 0 Å². The molecule has 0 aliphatic heterocycles. The first kappa shape index (κ1) is 13.2. The second-order valence-corrected chi connectivity index (χ2v) is 6.15. The van der Waals surface area contributed by atoms with Crippen LogP contribution in [0.5, 0.6) is 0 Å². The number of hydrogen-bond donors (Lipinski definition) is 1. The summed E-state index contributed by atoms with van der Waals surface area (Å²) < 4.78 is 0. The number of aromatic nitrogens is 1. The Labute approximate surface area is 122 Å². The van der Waals surface area contributed by atoms with Crippen molar-refractivity contribution in [1.29, 1.82) is 0 Å². The highest BCUT2D eigenvalue weighted by Crippen LogP contribution is 2.42. The zero-order valence-electron chi connectivity index (χ0n) is 11.0. The van der Waals surface area contributed by atoms with Gasteiger partial charge in [-0.25, -0.2) is 4.79 Å². The Morgan fingerprint density at radius 2 is 2.05 bits per heavy atom. The van der Waals surface area contributed by atoms with E-state index in [2.05, 4.69) is 11.1 Å². The molecular weight excluding hydrogens is 270 g/mol. The van der Waals surface area contributed by atoms with E-state index in [-0.39, 0.29) is 0 Å². The topological polar surface area (TPSA) is 50.2 Å². The maximum atomic E-state index is 10.8. The molecule has 2 aromatic rings. The van der Waals surface area contributed by atoms with E-state index >= 15 is 0 Å². The number of pyridine rings is 1. The molecule has 0 saturated heterocycles. The highest BCUT2D eigenvalue weighted by atomic mass is 32.2. The van der Waals surface area contributed by atoms with Crippen molar-refractivity contribution >= 4 is 17.7 Å². The Hall–Kier alpha value is -1.81. The van der Waals surface area contributed by atoms with Crippen LogP contribution in [0.1, 0.15) is 39.7 Å². The van der Waals surface area contributed by atoms with Gasteiger partial charge in [-0.1, -0.05) is 6.07 Å². The minimum absolute atomic E-state index is 0.330. The first-order valence-electron chi connectivity index (χ1n) is 6.68. The molecule has 1 atom stereocenters. The standard InChI is InChI=1S/C16H15NO2S/c18-16(19)12-6-8-13(9-7-12)20-14-5-1-3-11-4-2-10-17-15(11)14/h2,4,6-10,14H,1,3,5H2,(H,18,19). The van der Waals surface area contributed by atoms with Crippen LogP contribution >= 0.6 is 11.8 Å². The van der Waals surface area contributed by atoms with Crippen molar-refractivity contribution < 1.29 is 9.90 Å². The van der Waals surface area contributed by atoms with Crippen molar-refractivity contribution in [1.82, 2.24) is 4.98 Å². The van der Waals surface area contributed by atoms with Gasteiger partial charge in [0.15, 0.2) is 0 Å². The van der Waals surface area contributed by atoms with Gasteiger partial charge < -0.3 is 5.11 Å². The number of carboxylic acids is 1. The number of fused-ring (bicyclic) bond motifs is 1. The number of hydrogen-bond acceptors (Lipinski definition) is 3. The molecule has 3 rings (SSSR count). The molecule has 1 N–H and O–H groups in total. The molecule has 0 spiro atoms. The minimum Gasteiger partial charge on any atom is -0.478 e. The van der Waals surface area contributed by atoms with E-state index in [1.54, 1.807) is 23.9 Å². The lowest BCUT2D eigenvalue weighted by Crippen LogP contribution is -2.09. The number of thioether (sulfide) groups is 1. The Kier molecular flexibility index (Phi) is 3.74. The van der Waals surface area contributed by atoms with Crippen molar-refractivity contribution in [2.45, 2.75) is 29.4 Å². The van der Waals surface area contributed by atoms with Crippen molar-refractivity contribution in [3.05, 3.63) is 59.4 Å². The van der Waals surface area contributed by atoms with Crippen LogP contribution in [-0.2, 0) is 6.42 Å². The SMILES string of the molecule is O=C(O)c1ccc(SC2CCCc3cccnc32)cc1. The first-order valence-corrected chi connectivity index (χ1v) is 7.56. The average molecular weight is 285 g/mol. The van der Waals surface area contributed by atoms with Crippen molar-refractivity contribution in [2.24, 2.45) is 0 Å². The number of rotatable bonds is 3. The van der Waals surface area contributed by atoms with E-state index in [1.165, 1.54) is 17.7 Å². The van der Waals surface area contributed by atoms with Gasteiger partial charge in [-0.05, 0) is 55.2 Å². The molecule has 1 aromatic carbocycles. The first-order chi connectivity index (χ1) is 9.74. The number of carboxylic acid groups (broad SMARTS) is 1. The molecule has 0 saturated carbocycles. The summed E-state index contributed by atoms with van der Waals surface area (Å²) in [5.41, 5.74) is 2.86. The molecule has 0 fully saturated rings. The Morgan fingerprint density at radius 3 is 2.80 bits per heavy atom. The van der Waals surface area contributed by atoms with Crippen LogP contribution in [0.15, 0.2) is 47.5 Å². The summed E-state index contributed by atoms with van der Waals surface area (Å²) in [7, 11) is 0. The van der Waals surface area contributed by atoms with Crippen molar-refractivity contribution in [3.8, 4) is 0 Å². The van der Waals surface area contributed by atoms with E-state index in [0.717, 1.165) is 17.7 Å². The molecule has 4 heteroatoms. The lowest BCUT2D eigenvalue weighted by Gasteiger charge is -2.23. The van der Waals surface area contributed by atoms with Gasteiger partial charge in [0.25, 0.3) is 0 Å². The predicted octanol–water partition coefficient (Wildman–Crippen LogP) is 3.95. The van der Waals surface area contributed by atoms with E-state index < -0.39 is 5.97 Å². The maximum absolute atomic E-state index is 10.8. The molecule has 1 unspecified atom stereocenters. The summed E-state index contributed by atoms with van der Waals surface area (Å²) in [5, 5.41) is 9.28. The van der Waals surface area contributed by atoms with E-state index in [9.17, 15) is 4.79 Å². The summed E-state index contributed by atoms with van der Waals surface area (Å²) in [6.07, 6.45) is 5.27. The molecule has 0 bridgehead atoms. The van der Waals surface area contributed by atoms with Gasteiger partial charge >= 0.3 is 5.97 Å². The van der Waals surface area contributed by atoms with Crippen LogP contribution in [0.25, 0.3) is 0 Å². The van der Waals surface area contributed by atoms with E-state index in [1.807, 2.05) is 24.4 Å². The molecule has 1 aromatic heterocycles. The fourth-order valence-corrected chi connectivity index (χ4v) is 3.75. The van der Waals surface area contributed by atoms with Crippen molar-refractivity contribution in [3.63, 3.8) is 0 Å².